The Hall–Kier alpha value is -1.77. The Kier molecular flexibility index (Phi) is 16.1. The van der Waals surface area contributed by atoms with Gasteiger partial charge in [-0.1, -0.05) is 20.8 Å². The van der Waals surface area contributed by atoms with Crippen LogP contribution in [0.1, 0.15) is 94.9 Å². The number of esters is 1. The number of hydrogen-bond donors (Lipinski definition) is 5. The average molecular weight is 780 g/mol. The van der Waals surface area contributed by atoms with Crippen molar-refractivity contribution >= 4 is 5.97 Å². The third-order valence-corrected chi connectivity index (χ3v) is 12.1. The highest BCUT2D eigenvalue weighted by Gasteiger charge is 2.53. The number of nitrogens with zero attached hydrogens (tertiary/aromatic N) is 2. The van der Waals surface area contributed by atoms with E-state index >= 15 is 0 Å². The number of rotatable bonds is 9. The summed E-state index contributed by atoms with van der Waals surface area (Å²) in [6.07, 6.45) is -9.63. The summed E-state index contributed by atoms with van der Waals surface area (Å²) in [6, 6.07) is -1.13. The van der Waals surface area contributed by atoms with Gasteiger partial charge in [0.2, 0.25) is 0 Å². The first kappa shape index (κ1) is 46.6. The lowest BCUT2D eigenvalue weighted by molar-refractivity contribution is -0.775. The zero-order valence-electron chi connectivity index (χ0n) is 34.5. The Morgan fingerprint density at radius 3 is 2.19 bits per heavy atom. The van der Waals surface area contributed by atoms with Crippen molar-refractivity contribution in [2.45, 2.75) is 185 Å². The van der Waals surface area contributed by atoms with Gasteiger partial charge in [-0.3, -0.25) is 4.79 Å². The molecule has 0 spiro atoms. The highest BCUT2D eigenvalue weighted by atomic mass is 17.0. The van der Waals surface area contributed by atoms with Crippen LogP contribution in [0, 0.1) is 27.9 Å². The van der Waals surface area contributed by atoms with Crippen molar-refractivity contribution < 1.29 is 63.6 Å². The number of aliphatic hydroxyl groups is 4. The summed E-state index contributed by atoms with van der Waals surface area (Å²) in [5.41, 5.74) is -4.59. The number of nitrogens with one attached hydrogen (secondary N) is 1. The zero-order valence-corrected chi connectivity index (χ0v) is 34.5. The maximum absolute atomic E-state index is 14.2. The average Bonchev–Trinajstić information content (AvgIpc) is 3.08. The molecule has 0 aromatic rings. The molecule has 0 bridgehead atoms. The molecule has 0 radical (unpaired) electrons. The van der Waals surface area contributed by atoms with Gasteiger partial charge in [-0.15, -0.1) is 10.1 Å². The fraction of sp³-hybridized carbons (Fsp3) is 0.973. The van der Waals surface area contributed by atoms with E-state index in [1.54, 1.807) is 69.5 Å². The number of ether oxygens (including phenoxy) is 6. The van der Waals surface area contributed by atoms with E-state index in [-0.39, 0.29) is 25.2 Å². The zero-order chi connectivity index (χ0) is 41.1. The van der Waals surface area contributed by atoms with E-state index in [2.05, 4.69) is 5.32 Å². The number of hydrogen-bond acceptors (Lipinski definition) is 16. The quantitative estimate of drug-likeness (QED) is 0.128. The van der Waals surface area contributed by atoms with Crippen LogP contribution in [0.4, 0.5) is 0 Å². The van der Waals surface area contributed by atoms with E-state index in [4.69, 9.17) is 33.3 Å². The van der Waals surface area contributed by atoms with Crippen LogP contribution >= 0.6 is 0 Å². The number of cyclic esters (lactones) is 1. The number of carbonyl (C=O) groups excluding carboxylic acids is 1. The molecule has 3 aliphatic rings. The fourth-order valence-electron chi connectivity index (χ4n) is 8.74. The van der Waals surface area contributed by atoms with Gasteiger partial charge < -0.3 is 63.9 Å². The monoisotopic (exact) mass is 779 g/mol. The van der Waals surface area contributed by atoms with Crippen LogP contribution in [-0.2, 0) is 38.1 Å². The van der Waals surface area contributed by atoms with Gasteiger partial charge >= 0.3 is 5.97 Å². The predicted octanol–water partition coefficient (Wildman–Crippen LogP) is 1.77. The molecule has 3 saturated heterocycles. The molecule has 54 heavy (non-hydrogen) atoms. The molecule has 3 heterocycles. The minimum atomic E-state index is -1.84. The Labute approximate surface area is 320 Å². The minimum Gasteiger partial charge on any atom is -0.459 e. The van der Waals surface area contributed by atoms with Crippen molar-refractivity contribution in [3.8, 4) is 0 Å². The van der Waals surface area contributed by atoms with Gasteiger partial charge in [0.05, 0.1) is 41.5 Å². The lowest BCUT2D eigenvalue weighted by Crippen LogP contribution is -2.61. The number of carbonyl (C=O) groups is 1. The Balaban J connectivity index is 2.21. The molecule has 17 nitrogen and oxygen atoms in total. The second kappa shape index (κ2) is 18.7. The molecule has 5 N–H and O–H groups in total. The summed E-state index contributed by atoms with van der Waals surface area (Å²) in [5.74, 6) is -2.93. The van der Waals surface area contributed by atoms with Crippen molar-refractivity contribution in [3.63, 3.8) is 0 Å². The van der Waals surface area contributed by atoms with E-state index in [0.717, 1.165) is 0 Å². The summed E-state index contributed by atoms with van der Waals surface area (Å²) in [4.78, 5) is 33.0. The van der Waals surface area contributed by atoms with E-state index in [0.29, 0.717) is 13.0 Å². The second-order valence-electron chi connectivity index (χ2n) is 16.8. The minimum absolute atomic E-state index is 0.0769. The van der Waals surface area contributed by atoms with Gasteiger partial charge in [0.25, 0.3) is 5.09 Å². The van der Waals surface area contributed by atoms with Gasteiger partial charge in [-0.2, -0.15) is 0 Å². The Bertz CT molecular complexity index is 1230. The Morgan fingerprint density at radius 1 is 1.00 bits per heavy atom. The molecule has 0 aromatic heterocycles. The summed E-state index contributed by atoms with van der Waals surface area (Å²) in [6.45, 7) is 17.4. The highest BCUT2D eigenvalue weighted by molar-refractivity contribution is 5.73. The van der Waals surface area contributed by atoms with Crippen LogP contribution in [0.2, 0.25) is 0 Å². The van der Waals surface area contributed by atoms with Crippen molar-refractivity contribution in [1.82, 2.24) is 10.2 Å². The van der Waals surface area contributed by atoms with Crippen LogP contribution < -0.4 is 5.32 Å². The van der Waals surface area contributed by atoms with Crippen LogP contribution in [0.3, 0.4) is 0 Å². The van der Waals surface area contributed by atoms with Crippen LogP contribution in [0.15, 0.2) is 0 Å². The largest absolute Gasteiger partial charge is 0.459 e. The summed E-state index contributed by atoms with van der Waals surface area (Å²) < 4.78 is 37.3. The normalized spacial score (nSPS) is 47.9. The first-order chi connectivity index (χ1) is 24.9. The standard InChI is InChI=1S/C37H69N3O14/c1-14-26-37(10,45)30(41)23(6)39(12)18-19(2)16-35(8,44)32(53-34-29(54-40(46)47)25(38-11)15-20(3)49-34)21(4)28(22(5)33(43)51-26)52-27-17-36(9,48-13)31(42)24(7)50-27/h19-32,34,38,41-42,44-45H,14-18H2,1-13H3/t19-,20-,21+,22-,23-,24+,25?,26-,27+,28+,29-,30-,31+,32-,34+,35-,36-,37-/m1/s1. The molecule has 0 amide bonds. The van der Waals surface area contributed by atoms with Gasteiger partial charge in [-0.05, 0) is 87.7 Å². The molecule has 0 saturated carbocycles. The molecule has 0 aliphatic carbocycles. The molecule has 3 rings (SSSR count). The smallest absolute Gasteiger partial charge is 0.311 e. The van der Waals surface area contributed by atoms with Gasteiger partial charge in [-0.25, -0.2) is 0 Å². The molecule has 3 fully saturated rings. The molecular formula is C37H69N3O14. The second-order valence-corrected chi connectivity index (χ2v) is 16.8. The third-order valence-electron chi connectivity index (χ3n) is 12.1. The summed E-state index contributed by atoms with van der Waals surface area (Å²) in [5, 5.41) is 60.5. The van der Waals surface area contributed by atoms with Crippen molar-refractivity contribution in [1.29, 1.82) is 0 Å². The SMILES string of the molecule is CC[C@H]1OC(=O)[C@H](C)[C@@H](O[C@H]2C[C@@](C)(OC)[C@@H](O)[C@H](C)O2)[C@H](C)[C@@H](O[C@@H]2O[C@H](C)CC(NC)[C@H]2O[N+](=O)[O-])[C@](C)(O)C[C@@H](C)CN(C)[C@H](C)[C@@H](O)[C@]1(C)O. The topological polar surface area (TPSA) is 221 Å². The predicted molar refractivity (Wildman–Crippen MR) is 195 cm³/mol. The molecule has 3 aliphatic heterocycles. The van der Waals surface area contributed by atoms with Crippen molar-refractivity contribution in [3.05, 3.63) is 10.1 Å². The van der Waals surface area contributed by atoms with Gasteiger partial charge in [0.15, 0.2) is 18.7 Å². The first-order valence-electron chi connectivity index (χ1n) is 19.3. The third kappa shape index (κ3) is 10.6. The maximum atomic E-state index is 14.2. The number of aliphatic hydroxyl groups excluding tert-OH is 2. The van der Waals surface area contributed by atoms with Gasteiger partial charge in [0.1, 0.15) is 23.9 Å². The lowest BCUT2D eigenvalue weighted by Gasteiger charge is -2.48. The van der Waals surface area contributed by atoms with Crippen molar-refractivity contribution in [2.24, 2.45) is 17.8 Å². The maximum Gasteiger partial charge on any atom is 0.311 e. The van der Waals surface area contributed by atoms with Gasteiger partial charge in [0, 0.05) is 38.1 Å². The van der Waals surface area contributed by atoms with Crippen LogP contribution in [-0.4, -0.2) is 154 Å². The molecule has 18 atom stereocenters. The molecular weight excluding hydrogens is 710 g/mol. The fourth-order valence-corrected chi connectivity index (χ4v) is 8.74. The lowest BCUT2D eigenvalue weighted by atomic mass is 9.77. The number of methoxy groups -OCH3 is 1. The highest BCUT2D eigenvalue weighted by Crippen LogP contribution is 2.40. The molecule has 1 unspecified atom stereocenters. The Morgan fingerprint density at radius 2 is 1.63 bits per heavy atom. The molecule has 0 aromatic carbocycles. The molecule has 316 valence electrons. The van der Waals surface area contributed by atoms with E-state index < -0.39 is 113 Å². The van der Waals surface area contributed by atoms with Crippen molar-refractivity contribution in [2.75, 3.05) is 27.7 Å². The molecule has 17 heteroatoms. The van der Waals surface area contributed by atoms with Crippen LogP contribution in [0.25, 0.3) is 0 Å². The number of likely N-dealkylation sites (N-methyl/N-ethyl adjacent to an activating group) is 2. The first-order valence-corrected chi connectivity index (χ1v) is 19.3. The van der Waals surface area contributed by atoms with Crippen LogP contribution in [0.5, 0.6) is 0 Å². The van der Waals surface area contributed by atoms with E-state index in [1.165, 1.54) is 14.0 Å². The summed E-state index contributed by atoms with van der Waals surface area (Å²) in [7, 11) is 4.93. The summed E-state index contributed by atoms with van der Waals surface area (Å²) >= 11 is 0. The van der Waals surface area contributed by atoms with E-state index in [1.807, 2.05) is 11.8 Å². The van der Waals surface area contributed by atoms with E-state index in [9.17, 15) is 35.3 Å².